The Morgan fingerprint density at radius 3 is 3.06 bits per heavy atom. The molecule has 0 bridgehead atoms. The number of ether oxygens (including phenoxy) is 1. The Labute approximate surface area is 101 Å². The van der Waals surface area contributed by atoms with Crippen LogP contribution in [-0.2, 0) is 29.5 Å². The molecule has 0 spiro atoms. The van der Waals surface area contributed by atoms with Gasteiger partial charge in [0.05, 0.1) is 12.3 Å². The van der Waals surface area contributed by atoms with Crippen molar-refractivity contribution in [2.75, 3.05) is 19.8 Å². The van der Waals surface area contributed by atoms with Crippen LogP contribution in [0.3, 0.4) is 0 Å². The fraction of sp³-hybridized carbons (Fsp3) is 0.636. The molecule has 1 amide bonds. The average molecular weight is 240 g/mol. The smallest absolute Gasteiger partial charge is 0.246 e. The number of rotatable bonds is 7. The Hall–Kier alpha value is -1.40. The summed E-state index contributed by atoms with van der Waals surface area (Å²) < 4.78 is 6.79. The second-order valence-electron chi connectivity index (χ2n) is 3.75. The zero-order valence-electron chi connectivity index (χ0n) is 10.4. The zero-order valence-corrected chi connectivity index (χ0v) is 10.4. The van der Waals surface area contributed by atoms with Crippen molar-refractivity contribution < 1.29 is 9.53 Å². The van der Waals surface area contributed by atoms with Gasteiger partial charge in [-0.25, -0.2) is 0 Å². The van der Waals surface area contributed by atoms with Gasteiger partial charge in [-0.1, -0.05) is 6.92 Å². The van der Waals surface area contributed by atoms with Crippen LogP contribution in [0.4, 0.5) is 0 Å². The summed E-state index contributed by atoms with van der Waals surface area (Å²) in [4.78, 5) is 11.4. The molecule has 0 saturated carbocycles. The second-order valence-corrected chi connectivity index (χ2v) is 3.75. The van der Waals surface area contributed by atoms with Crippen molar-refractivity contribution in [1.82, 2.24) is 15.1 Å². The third-order valence-electron chi connectivity index (χ3n) is 2.30. The number of aromatic nitrogens is 2. The number of aryl methyl sites for hydroxylation is 2. The van der Waals surface area contributed by atoms with Crippen molar-refractivity contribution in [3.8, 4) is 0 Å². The number of nitrogens with zero attached hydrogens (tertiary/aromatic N) is 2. The van der Waals surface area contributed by atoms with Crippen LogP contribution >= 0.6 is 0 Å². The SMILES string of the molecule is CCc1nn(C)cc1CNC(=O)COCCN. The zero-order chi connectivity index (χ0) is 12.7. The lowest BCUT2D eigenvalue weighted by atomic mass is 10.2. The number of hydrogen-bond donors (Lipinski definition) is 2. The monoisotopic (exact) mass is 240 g/mol. The number of carbonyl (C=O) groups is 1. The molecule has 1 heterocycles. The first-order valence-electron chi connectivity index (χ1n) is 5.73. The Kier molecular flexibility index (Phi) is 5.65. The molecule has 3 N–H and O–H groups in total. The molecule has 0 aliphatic rings. The van der Waals surface area contributed by atoms with Crippen molar-refractivity contribution in [2.24, 2.45) is 12.8 Å². The van der Waals surface area contributed by atoms with Gasteiger partial charge in [0.2, 0.25) is 5.91 Å². The number of hydrogen-bond acceptors (Lipinski definition) is 4. The Morgan fingerprint density at radius 2 is 2.41 bits per heavy atom. The van der Waals surface area contributed by atoms with E-state index in [1.54, 1.807) is 4.68 Å². The van der Waals surface area contributed by atoms with Crippen LogP contribution in [0.2, 0.25) is 0 Å². The van der Waals surface area contributed by atoms with Gasteiger partial charge in [-0.15, -0.1) is 0 Å². The van der Waals surface area contributed by atoms with Crippen LogP contribution in [0, 0.1) is 0 Å². The van der Waals surface area contributed by atoms with Gasteiger partial charge in [-0.05, 0) is 6.42 Å². The van der Waals surface area contributed by atoms with E-state index < -0.39 is 0 Å². The molecule has 17 heavy (non-hydrogen) atoms. The highest BCUT2D eigenvalue weighted by molar-refractivity contribution is 5.77. The van der Waals surface area contributed by atoms with E-state index in [1.807, 2.05) is 20.2 Å². The highest BCUT2D eigenvalue weighted by Crippen LogP contribution is 2.06. The van der Waals surface area contributed by atoms with Gasteiger partial charge in [0, 0.05) is 31.9 Å². The van der Waals surface area contributed by atoms with Crippen molar-refractivity contribution >= 4 is 5.91 Å². The van der Waals surface area contributed by atoms with Crippen LogP contribution in [0.5, 0.6) is 0 Å². The number of nitrogens with two attached hydrogens (primary N) is 1. The first-order valence-corrected chi connectivity index (χ1v) is 5.73. The number of nitrogens with one attached hydrogen (secondary N) is 1. The van der Waals surface area contributed by atoms with Gasteiger partial charge in [0.15, 0.2) is 0 Å². The maximum Gasteiger partial charge on any atom is 0.246 e. The first-order chi connectivity index (χ1) is 8.17. The van der Waals surface area contributed by atoms with Crippen LogP contribution < -0.4 is 11.1 Å². The maximum atomic E-state index is 11.4. The average Bonchev–Trinajstić information content (AvgIpc) is 2.67. The molecule has 0 unspecified atom stereocenters. The molecule has 0 radical (unpaired) electrons. The molecule has 96 valence electrons. The van der Waals surface area contributed by atoms with Gasteiger partial charge in [-0.3, -0.25) is 9.48 Å². The largest absolute Gasteiger partial charge is 0.370 e. The van der Waals surface area contributed by atoms with Gasteiger partial charge < -0.3 is 15.8 Å². The normalized spacial score (nSPS) is 10.5. The molecule has 0 atom stereocenters. The summed E-state index contributed by atoms with van der Waals surface area (Å²) in [5, 5.41) is 7.09. The van der Waals surface area contributed by atoms with Gasteiger partial charge in [0.1, 0.15) is 6.61 Å². The molecule has 1 rings (SSSR count). The van der Waals surface area contributed by atoms with E-state index in [0.29, 0.717) is 19.7 Å². The molecule has 1 aromatic rings. The van der Waals surface area contributed by atoms with Crippen molar-refractivity contribution in [2.45, 2.75) is 19.9 Å². The summed E-state index contributed by atoms with van der Waals surface area (Å²) in [6.45, 7) is 3.41. The van der Waals surface area contributed by atoms with Crippen LogP contribution in [0.1, 0.15) is 18.2 Å². The first kappa shape index (κ1) is 13.7. The number of amides is 1. The molecule has 0 saturated heterocycles. The molecule has 0 fully saturated rings. The van der Waals surface area contributed by atoms with E-state index >= 15 is 0 Å². The lowest BCUT2D eigenvalue weighted by molar-refractivity contribution is -0.125. The summed E-state index contributed by atoms with van der Waals surface area (Å²) in [6, 6.07) is 0. The van der Waals surface area contributed by atoms with Gasteiger partial charge in [0.25, 0.3) is 0 Å². The minimum atomic E-state index is -0.135. The standard InChI is InChI=1S/C11H20N4O2/c1-3-10-9(7-15(2)14-10)6-13-11(16)8-17-5-4-12/h7H,3-6,8,12H2,1-2H3,(H,13,16). The maximum absolute atomic E-state index is 11.4. The van der Waals surface area contributed by atoms with E-state index in [4.69, 9.17) is 10.5 Å². The van der Waals surface area contributed by atoms with E-state index in [0.717, 1.165) is 17.7 Å². The minimum Gasteiger partial charge on any atom is -0.370 e. The predicted octanol–water partition coefficient (Wildman–Crippen LogP) is -0.426. The summed E-state index contributed by atoms with van der Waals surface area (Å²) in [5.41, 5.74) is 7.31. The Bertz CT molecular complexity index is 362. The van der Waals surface area contributed by atoms with E-state index in [1.165, 1.54) is 0 Å². The van der Waals surface area contributed by atoms with Crippen molar-refractivity contribution in [3.05, 3.63) is 17.5 Å². The lowest BCUT2D eigenvalue weighted by Gasteiger charge is -2.05. The molecule has 1 aromatic heterocycles. The Balaban J connectivity index is 2.36. The Morgan fingerprint density at radius 1 is 1.65 bits per heavy atom. The highest BCUT2D eigenvalue weighted by Gasteiger charge is 2.07. The van der Waals surface area contributed by atoms with E-state index in [9.17, 15) is 4.79 Å². The minimum absolute atomic E-state index is 0.0545. The highest BCUT2D eigenvalue weighted by atomic mass is 16.5. The fourth-order valence-corrected chi connectivity index (χ4v) is 1.52. The quantitative estimate of drug-likeness (QED) is 0.634. The van der Waals surface area contributed by atoms with E-state index in [-0.39, 0.29) is 12.5 Å². The van der Waals surface area contributed by atoms with E-state index in [2.05, 4.69) is 10.4 Å². The topological polar surface area (TPSA) is 82.2 Å². The predicted molar refractivity (Wildman–Crippen MR) is 64.3 cm³/mol. The van der Waals surface area contributed by atoms with Crippen LogP contribution in [0.15, 0.2) is 6.20 Å². The van der Waals surface area contributed by atoms with Gasteiger partial charge in [-0.2, -0.15) is 5.10 Å². The summed E-state index contributed by atoms with van der Waals surface area (Å²) in [6.07, 6.45) is 2.77. The third-order valence-corrected chi connectivity index (χ3v) is 2.30. The molecule has 0 aromatic carbocycles. The summed E-state index contributed by atoms with van der Waals surface area (Å²) in [5.74, 6) is -0.135. The van der Waals surface area contributed by atoms with Crippen molar-refractivity contribution in [3.63, 3.8) is 0 Å². The number of carbonyl (C=O) groups excluding carboxylic acids is 1. The molecule has 6 nitrogen and oxygen atoms in total. The summed E-state index contributed by atoms with van der Waals surface area (Å²) >= 11 is 0. The second kappa shape index (κ2) is 7.03. The molecule has 0 aliphatic carbocycles. The summed E-state index contributed by atoms with van der Waals surface area (Å²) in [7, 11) is 1.87. The van der Waals surface area contributed by atoms with Crippen LogP contribution in [-0.4, -0.2) is 35.4 Å². The molecular formula is C11H20N4O2. The molecule has 6 heteroatoms. The van der Waals surface area contributed by atoms with Gasteiger partial charge >= 0.3 is 0 Å². The van der Waals surface area contributed by atoms with Crippen molar-refractivity contribution in [1.29, 1.82) is 0 Å². The third kappa shape index (κ3) is 4.54. The van der Waals surface area contributed by atoms with Crippen LogP contribution in [0.25, 0.3) is 0 Å². The molecular weight excluding hydrogens is 220 g/mol. The lowest BCUT2D eigenvalue weighted by Crippen LogP contribution is -2.28. The fourth-order valence-electron chi connectivity index (χ4n) is 1.52. The molecule has 0 aliphatic heterocycles.